The molecular formula is C18H17N5O3. The van der Waals surface area contributed by atoms with Crippen LogP contribution in [-0.2, 0) is 6.54 Å². The second-order valence-electron chi connectivity index (χ2n) is 5.70. The molecule has 0 fully saturated rings. The zero-order valence-electron chi connectivity index (χ0n) is 14.4. The number of para-hydroxylation sites is 1. The summed E-state index contributed by atoms with van der Waals surface area (Å²) >= 11 is 0. The Morgan fingerprint density at radius 1 is 1.15 bits per heavy atom. The lowest BCUT2D eigenvalue weighted by Crippen LogP contribution is -2.35. The zero-order valence-corrected chi connectivity index (χ0v) is 14.4. The van der Waals surface area contributed by atoms with Crippen molar-refractivity contribution in [2.45, 2.75) is 6.54 Å². The fraction of sp³-hybridized carbons (Fsp3) is 0.222. The van der Waals surface area contributed by atoms with Crippen molar-refractivity contribution in [2.24, 2.45) is 0 Å². The normalized spacial score (nSPS) is 13.1. The molecule has 132 valence electrons. The van der Waals surface area contributed by atoms with Crippen LogP contribution in [0.1, 0.15) is 10.5 Å². The summed E-state index contributed by atoms with van der Waals surface area (Å²) in [4.78, 5) is 20.9. The van der Waals surface area contributed by atoms with E-state index in [2.05, 4.69) is 20.4 Å². The number of methoxy groups -OCH3 is 2. The van der Waals surface area contributed by atoms with Crippen molar-refractivity contribution in [2.75, 3.05) is 20.8 Å². The first kappa shape index (κ1) is 16.1. The molecule has 1 N–H and O–H groups in total. The SMILES string of the molecule is COc1cccc(-c2nccc(-c3cc4n(n3)CCNC4=O)n2)c1OC. The van der Waals surface area contributed by atoms with Crippen LogP contribution in [0.2, 0.25) is 0 Å². The fourth-order valence-electron chi connectivity index (χ4n) is 2.96. The number of ether oxygens (including phenoxy) is 2. The van der Waals surface area contributed by atoms with Crippen LogP contribution in [0.25, 0.3) is 22.8 Å². The van der Waals surface area contributed by atoms with Crippen molar-refractivity contribution in [3.05, 3.63) is 42.2 Å². The van der Waals surface area contributed by atoms with Crippen molar-refractivity contribution in [1.82, 2.24) is 25.1 Å². The van der Waals surface area contributed by atoms with E-state index in [1.54, 1.807) is 37.2 Å². The van der Waals surface area contributed by atoms with Crippen molar-refractivity contribution < 1.29 is 14.3 Å². The van der Waals surface area contributed by atoms with E-state index in [0.717, 1.165) is 5.56 Å². The highest BCUT2D eigenvalue weighted by molar-refractivity contribution is 5.94. The van der Waals surface area contributed by atoms with Crippen LogP contribution in [0.5, 0.6) is 11.5 Å². The molecule has 0 spiro atoms. The van der Waals surface area contributed by atoms with Crippen molar-refractivity contribution in [3.8, 4) is 34.3 Å². The molecule has 0 atom stereocenters. The van der Waals surface area contributed by atoms with Gasteiger partial charge >= 0.3 is 0 Å². The van der Waals surface area contributed by atoms with E-state index in [4.69, 9.17) is 9.47 Å². The Hall–Kier alpha value is -3.42. The van der Waals surface area contributed by atoms with Crippen LogP contribution < -0.4 is 14.8 Å². The highest BCUT2D eigenvalue weighted by atomic mass is 16.5. The number of hydrogen-bond donors (Lipinski definition) is 1. The van der Waals surface area contributed by atoms with Gasteiger partial charge in [0.1, 0.15) is 11.4 Å². The van der Waals surface area contributed by atoms with E-state index >= 15 is 0 Å². The van der Waals surface area contributed by atoms with Gasteiger partial charge in [0.15, 0.2) is 17.3 Å². The molecule has 0 aliphatic carbocycles. The fourth-order valence-corrected chi connectivity index (χ4v) is 2.96. The number of rotatable bonds is 4. The standard InChI is InChI=1S/C18H17N5O3/c1-25-15-5-3-4-11(16(15)26-2)17-19-7-6-12(21-17)13-10-14-18(24)20-8-9-23(14)22-13/h3-7,10H,8-9H2,1-2H3,(H,20,24). The highest BCUT2D eigenvalue weighted by Crippen LogP contribution is 2.36. The Balaban J connectivity index is 1.78. The number of carbonyl (C=O) groups excluding carboxylic acids is 1. The van der Waals surface area contributed by atoms with E-state index in [-0.39, 0.29) is 5.91 Å². The maximum absolute atomic E-state index is 11.9. The van der Waals surface area contributed by atoms with Gasteiger partial charge in [0, 0.05) is 12.7 Å². The monoisotopic (exact) mass is 351 g/mol. The Labute approximate surface area is 149 Å². The summed E-state index contributed by atoms with van der Waals surface area (Å²) in [6.45, 7) is 1.21. The number of nitrogens with zero attached hydrogens (tertiary/aromatic N) is 4. The topological polar surface area (TPSA) is 91.2 Å². The van der Waals surface area contributed by atoms with Crippen LogP contribution in [0.15, 0.2) is 36.5 Å². The molecule has 0 saturated heterocycles. The predicted octanol–water partition coefficient (Wildman–Crippen LogP) is 1.77. The molecule has 1 aliphatic rings. The molecule has 0 bridgehead atoms. The molecule has 0 radical (unpaired) electrons. The third-order valence-corrected chi connectivity index (χ3v) is 4.18. The Morgan fingerprint density at radius 3 is 2.81 bits per heavy atom. The van der Waals surface area contributed by atoms with Crippen LogP contribution in [0.3, 0.4) is 0 Å². The minimum Gasteiger partial charge on any atom is -0.493 e. The number of benzene rings is 1. The Kier molecular flexibility index (Phi) is 4.00. The average Bonchev–Trinajstić information content (AvgIpc) is 3.13. The van der Waals surface area contributed by atoms with Gasteiger partial charge in [-0.15, -0.1) is 0 Å². The van der Waals surface area contributed by atoms with Gasteiger partial charge in [0.2, 0.25) is 0 Å². The van der Waals surface area contributed by atoms with Gasteiger partial charge in [-0.1, -0.05) is 6.07 Å². The number of nitrogens with one attached hydrogen (secondary N) is 1. The summed E-state index contributed by atoms with van der Waals surface area (Å²) in [7, 11) is 3.16. The largest absolute Gasteiger partial charge is 0.493 e. The maximum atomic E-state index is 11.9. The molecule has 8 nitrogen and oxygen atoms in total. The first-order valence-electron chi connectivity index (χ1n) is 8.12. The molecule has 2 aromatic heterocycles. The van der Waals surface area contributed by atoms with Gasteiger partial charge in [-0.2, -0.15) is 5.10 Å². The first-order chi connectivity index (χ1) is 12.7. The molecule has 1 aliphatic heterocycles. The lowest BCUT2D eigenvalue weighted by atomic mass is 10.1. The van der Waals surface area contributed by atoms with Crippen LogP contribution in [0, 0.1) is 0 Å². The summed E-state index contributed by atoms with van der Waals surface area (Å²) in [5, 5.41) is 7.30. The summed E-state index contributed by atoms with van der Waals surface area (Å²) in [6.07, 6.45) is 1.66. The van der Waals surface area contributed by atoms with Gasteiger partial charge in [-0.05, 0) is 24.3 Å². The summed E-state index contributed by atoms with van der Waals surface area (Å²) in [5.41, 5.74) is 2.51. The average molecular weight is 351 g/mol. The van der Waals surface area contributed by atoms with Crippen molar-refractivity contribution in [3.63, 3.8) is 0 Å². The van der Waals surface area contributed by atoms with Gasteiger partial charge in [-0.25, -0.2) is 9.97 Å². The summed E-state index contributed by atoms with van der Waals surface area (Å²) in [5.74, 6) is 1.54. The van der Waals surface area contributed by atoms with Crippen molar-refractivity contribution in [1.29, 1.82) is 0 Å². The second kappa shape index (κ2) is 6.47. The number of hydrogen-bond acceptors (Lipinski definition) is 6. The van der Waals surface area contributed by atoms with E-state index in [0.29, 0.717) is 47.5 Å². The Morgan fingerprint density at radius 2 is 2.04 bits per heavy atom. The molecule has 4 rings (SSSR count). The number of amides is 1. The molecule has 0 saturated carbocycles. The lowest BCUT2D eigenvalue weighted by molar-refractivity contribution is 0.0924. The minimum absolute atomic E-state index is 0.126. The number of carbonyl (C=O) groups is 1. The van der Waals surface area contributed by atoms with Gasteiger partial charge in [-0.3, -0.25) is 9.48 Å². The Bertz CT molecular complexity index is 983. The van der Waals surface area contributed by atoms with Crippen molar-refractivity contribution >= 4 is 5.91 Å². The smallest absolute Gasteiger partial charge is 0.269 e. The molecule has 3 heterocycles. The van der Waals surface area contributed by atoms with E-state index in [9.17, 15) is 4.79 Å². The maximum Gasteiger partial charge on any atom is 0.269 e. The minimum atomic E-state index is -0.126. The summed E-state index contributed by atoms with van der Waals surface area (Å²) < 4.78 is 12.5. The lowest BCUT2D eigenvalue weighted by Gasteiger charge is -2.13. The summed E-state index contributed by atoms with van der Waals surface area (Å²) in [6, 6.07) is 9.04. The number of aromatic nitrogens is 4. The van der Waals surface area contributed by atoms with Crippen LogP contribution >= 0.6 is 0 Å². The molecule has 1 aromatic carbocycles. The van der Waals surface area contributed by atoms with E-state index < -0.39 is 0 Å². The van der Waals surface area contributed by atoms with Crippen LogP contribution in [0.4, 0.5) is 0 Å². The third-order valence-electron chi connectivity index (χ3n) is 4.18. The second-order valence-corrected chi connectivity index (χ2v) is 5.70. The molecule has 8 heteroatoms. The molecule has 1 amide bonds. The predicted molar refractivity (Wildman–Crippen MR) is 94.1 cm³/mol. The quantitative estimate of drug-likeness (QED) is 0.770. The molecule has 26 heavy (non-hydrogen) atoms. The number of fused-ring (bicyclic) bond motifs is 1. The zero-order chi connectivity index (χ0) is 18.1. The molecular weight excluding hydrogens is 334 g/mol. The van der Waals surface area contributed by atoms with Gasteiger partial charge < -0.3 is 14.8 Å². The van der Waals surface area contributed by atoms with E-state index in [1.807, 2.05) is 18.2 Å². The van der Waals surface area contributed by atoms with Gasteiger partial charge in [0.25, 0.3) is 5.91 Å². The van der Waals surface area contributed by atoms with Gasteiger partial charge in [0.05, 0.1) is 32.0 Å². The molecule has 3 aromatic rings. The van der Waals surface area contributed by atoms with E-state index in [1.165, 1.54) is 0 Å². The first-order valence-corrected chi connectivity index (χ1v) is 8.12. The highest BCUT2D eigenvalue weighted by Gasteiger charge is 2.21. The van der Waals surface area contributed by atoms with Crippen LogP contribution in [-0.4, -0.2) is 46.4 Å². The molecule has 0 unspecified atom stereocenters. The third kappa shape index (κ3) is 2.65.